The van der Waals surface area contributed by atoms with Gasteiger partial charge in [0.1, 0.15) is 11.5 Å². The molecule has 2 aromatic carbocycles. The summed E-state index contributed by atoms with van der Waals surface area (Å²) < 4.78 is 10.6. The summed E-state index contributed by atoms with van der Waals surface area (Å²) in [5.74, 6) is 1.30. The quantitative estimate of drug-likeness (QED) is 0.737. The van der Waals surface area contributed by atoms with E-state index in [0.29, 0.717) is 6.42 Å². The van der Waals surface area contributed by atoms with E-state index in [1.165, 1.54) is 0 Å². The number of nitrogens with one attached hydrogen (secondary N) is 1. The Kier molecular flexibility index (Phi) is 8.96. The van der Waals surface area contributed by atoms with Gasteiger partial charge in [-0.15, -0.1) is 12.4 Å². The lowest BCUT2D eigenvalue weighted by molar-refractivity contribution is -0.123. The lowest BCUT2D eigenvalue weighted by atomic mass is 9.97. The molecule has 1 unspecified atom stereocenters. The highest BCUT2D eigenvalue weighted by Crippen LogP contribution is 2.27. The summed E-state index contributed by atoms with van der Waals surface area (Å²) in [4.78, 5) is 12.5. The Bertz CT molecular complexity index is 661. The Morgan fingerprint density at radius 3 is 1.96 bits per heavy atom. The Hall–Kier alpha value is -2.24. The first-order valence-electron chi connectivity index (χ1n) is 8.42. The van der Waals surface area contributed by atoms with E-state index < -0.39 is 6.04 Å². The lowest BCUT2D eigenvalue weighted by Crippen LogP contribution is -2.42. The predicted molar refractivity (Wildman–Crippen MR) is 106 cm³/mol. The average molecular weight is 379 g/mol. The third-order valence-electron chi connectivity index (χ3n) is 4.08. The van der Waals surface area contributed by atoms with Crippen LogP contribution in [-0.2, 0) is 4.79 Å². The van der Waals surface area contributed by atoms with Crippen molar-refractivity contribution in [2.75, 3.05) is 14.2 Å². The van der Waals surface area contributed by atoms with Crippen molar-refractivity contribution >= 4 is 18.3 Å². The second kappa shape index (κ2) is 10.7. The lowest BCUT2D eigenvalue weighted by Gasteiger charge is -2.23. The highest BCUT2D eigenvalue weighted by molar-refractivity contribution is 5.85. The number of ether oxygens (including phenoxy) is 2. The molecule has 0 aliphatic heterocycles. The van der Waals surface area contributed by atoms with Gasteiger partial charge >= 0.3 is 0 Å². The van der Waals surface area contributed by atoms with Gasteiger partial charge in [-0.1, -0.05) is 37.6 Å². The van der Waals surface area contributed by atoms with Crippen LogP contribution in [0.2, 0.25) is 0 Å². The fraction of sp³-hybridized carbons (Fsp3) is 0.350. The van der Waals surface area contributed by atoms with Gasteiger partial charge in [0.05, 0.1) is 26.3 Å². The molecule has 2 rings (SSSR count). The Morgan fingerprint density at radius 1 is 1.04 bits per heavy atom. The summed E-state index contributed by atoms with van der Waals surface area (Å²) >= 11 is 0. The first-order valence-corrected chi connectivity index (χ1v) is 8.42. The number of hydrogen-bond donors (Lipinski definition) is 2. The van der Waals surface area contributed by atoms with E-state index in [9.17, 15) is 4.79 Å². The largest absolute Gasteiger partial charge is 0.497 e. The summed E-state index contributed by atoms with van der Waals surface area (Å²) in [5.41, 5.74) is 7.82. The van der Waals surface area contributed by atoms with Gasteiger partial charge in [0.15, 0.2) is 0 Å². The first kappa shape index (κ1) is 21.8. The molecule has 0 heterocycles. The van der Waals surface area contributed by atoms with E-state index in [0.717, 1.165) is 29.0 Å². The Morgan fingerprint density at radius 2 is 1.54 bits per heavy atom. The maximum atomic E-state index is 12.5. The molecule has 6 heteroatoms. The molecule has 1 amide bonds. The Labute approximate surface area is 161 Å². The van der Waals surface area contributed by atoms with Crippen LogP contribution in [0.3, 0.4) is 0 Å². The van der Waals surface area contributed by atoms with Crippen molar-refractivity contribution in [1.29, 1.82) is 0 Å². The minimum absolute atomic E-state index is 0. The maximum Gasteiger partial charge on any atom is 0.237 e. The number of halogens is 1. The van der Waals surface area contributed by atoms with Crippen molar-refractivity contribution in [1.82, 2.24) is 5.32 Å². The van der Waals surface area contributed by atoms with Crippen molar-refractivity contribution in [2.24, 2.45) is 5.73 Å². The van der Waals surface area contributed by atoms with Crippen molar-refractivity contribution in [2.45, 2.75) is 31.8 Å². The molecule has 1 atom stereocenters. The molecule has 0 saturated heterocycles. The van der Waals surface area contributed by atoms with Crippen molar-refractivity contribution in [3.8, 4) is 11.5 Å². The van der Waals surface area contributed by atoms with Gasteiger partial charge in [-0.2, -0.15) is 0 Å². The smallest absolute Gasteiger partial charge is 0.237 e. The predicted octanol–water partition coefficient (Wildman–Crippen LogP) is 3.46. The van der Waals surface area contributed by atoms with E-state index in [4.69, 9.17) is 15.2 Å². The minimum Gasteiger partial charge on any atom is -0.497 e. The topological polar surface area (TPSA) is 73.6 Å². The second-order valence-corrected chi connectivity index (χ2v) is 5.89. The van der Waals surface area contributed by atoms with Gasteiger partial charge < -0.3 is 20.5 Å². The van der Waals surface area contributed by atoms with Gasteiger partial charge in [0.2, 0.25) is 5.91 Å². The summed E-state index contributed by atoms with van der Waals surface area (Å²) in [6.07, 6.45) is 1.51. The number of benzene rings is 2. The first-order chi connectivity index (χ1) is 12.1. The number of carbonyl (C=O) groups excluding carboxylic acids is 1. The molecule has 0 radical (unpaired) electrons. The van der Waals surface area contributed by atoms with Gasteiger partial charge in [-0.3, -0.25) is 4.79 Å². The van der Waals surface area contributed by atoms with Crippen LogP contribution in [0.15, 0.2) is 48.5 Å². The Balaban J connectivity index is 0.00000338. The van der Waals surface area contributed by atoms with Crippen LogP contribution in [0.25, 0.3) is 0 Å². The van der Waals surface area contributed by atoms with Crippen LogP contribution in [0.1, 0.15) is 36.9 Å². The SMILES string of the molecule is CCCC(N)C(=O)NC(c1cccc(OC)c1)c1cccc(OC)c1.Cl. The zero-order chi connectivity index (χ0) is 18.2. The van der Waals surface area contributed by atoms with Crippen LogP contribution in [-0.4, -0.2) is 26.2 Å². The average Bonchev–Trinajstić information content (AvgIpc) is 2.66. The number of methoxy groups -OCH3 is 2. The van der Waals surface area contributed by atoms with E-state index in [-0.39, 0.29) is 24.4 Å². The fourth-order valence-corrected chi connectivity index (χ4v) is 2.69. The molecule has 3 N–H and O–H groups in total. The number of hydrogen-bond acceptors (Lipinski definition) is 4. The molecule has 0 spiro atoms. The standard InChI is InChI=1S/C20H26N2O3.ClH/c1-4-7-18(21)20(23)22-19(14-8-5-10-16(12-14)24-2)15-9-6-11-17(13-15)25-3;/h5-6,8-13,18-19H,4,7,21H2,1-3H3,(H,22,23);1H. The summed E-state index contributed by atoms with van der Waals surface area (Å²) in [6, 6.07) is 14.4. The monoisotopic (exact) mass is 378 g/mol. The third kappa shape index (κ3) is 5.64. The molecule has 0 aliphatic carbocycles. The van der Waals surface area contributed by atoms with Gasteiger partial charge in [0.25, 0.3) is 0 Å². The zero-order valence-electron chi connectivity index (χ0n) is 15.4. The molecule has 142 valence electrons. The van der Waals surface area contributed by atoms with Crippen LogP contribution >= 0.6 is 12.4 Å². The van der Waals surface area contributed by atoms with E-state index in [1.807, 2.05) is 55.5 Å². The highest BCUT2D eigenvalue weighted by atomic mass is 35.5. The third-order valence-corrected chi connectivity index (χ3v) is 4.08. The van der Waals surface area contributed by atoms with Crippen LogP contribution < -0.4 is 20.5 Å². The molecule has 0 fully saturated rings. The van der Waals surface area contributed by atoms with E-state index >= 15 is 0 Å². The normalized spacial score (nSPS) is 11.4. The number of rotatable bonds is 8. The van der Waals surface area contributed by atoms with Crippen LogP contribution in [0.4, 0.5) is 0 Å². The summed E-state index contributed by atoms with van der Waals surface area (Å²) in [5, 5.41) is 3.06. The zero-order valence-corrected chi connectivity index (χ0v) is 16.2. The molecule has 26 heavy (non-hydrogen) atoms. The molecular formula is C20H27ClN2O3. The van der Waals surface area contributed by atoms with Crippen LogP contribution in [0.5, 0.6) is 11.5 Å². The fourth-order valence-electron chi connectivity index (χ4n) is 2.69. The molecule has 0 aromatic heterocycles. The van der Waals surface area contributed by atoms with E-state index in [2.05, 4.69) is 5.32 Å². The summed E-state index contributed by atoms with van der Waals surface area (Å²) in [7, 11) is 3.24. The maximum absolute atomic E-state index is 12.5. The number of nitrogens with two attached hydrogens (primary N) is 1. The van der Waals surface area contributed by atoms with Crippen LogP contribution in [0, 0.1) is 0 Å². The molecule has 2 aromatic rings. The molecule has 0 bridgehead atoms. The van der Waals surface area contributed by atoms with Gasteiger partial charge in [0, 0.05) is 0 Å². The summed E-state index contributed by atoms with van der Waals surface area (Å²) in [6.45, 7) is 2.01. The highest BCUT2D eigenvalue weighted by Gasteiger charge is 2.21. The van der Waals surface area contributed by atoms with Crippen molar-refractivity contribution in [3.05, 3.63) is 59.7 Å². The van der Waals surface area contributed by atoms with E-state index in [1.54, 1.807) is 14.2 Å². The van der Waals surface area contributed by atoms with Gasteiger partial charge in [-0.25, -0.2) is 0 Å². The molecular weight excluding hydrogens is 352 g/mol. The second-order valence-electron chi connectivity index (χ2n) is 5.89. The van der Waals surface area contributed by atoms with Crippen molar-refractivity contribution in [3.63, 3.8) is 0 Å². The van der Waals surface area contributed by atoms with Crippen molar-refractivity contribution < 1.29 is 14.3 Å². The minimum atomic E-state index is -0.524. The molecule has 0 aliphatic rings. The molecule has 0 saturated carbocycles. The number of amides is 1. The van der Waals surface area contributed by atoms with Gasteiger partial charge in [-0.05, 0) is 41.8 Å². The molecule has 5 nitrogen and oxygen atoms in total. The number of carbonyl (C=O) groups is 1.